The number of carbonyl (C=O) groups excluding carboxylic acids is 1. The normalized spacial score (nSPS) is 19.0. The lowest BCUT2D eigenvalue weighted by Gasteiger charge is -2.34. The molecule has 1 aliphatic carbocycles. The Labute approximate surface area is 138 Å². The summed E-state index contributed by atoms with van der Waals surface area (Å²) in [5.41, 5.74) is 0.450. The minimum Gasteiger partial charge on any atom is -0.433 e. The number of hydrogen-bond donors (Lipinski definition) is 1. The Morgan fingerprint density at radius 1 is 1.26 bits per heavy atom. The Hall–Kier alpha value is -1.60. The third kappa shape index (κ3) is 4.23. The van der Waals surface area contributed by atoms with Gasteiger partial charge in [-0.25, -0.2) is 4.79 Å². The summed E-state index contributed by atoms with van der Waals surface area (Å²) < 4.78 is 28.6. The highest BCUT2D eigenvalue weighted by Gasteiger charge is 2.32. The van der Waals surface area contributed by atoms with E-state index in [2.05, 4.69) is 15.0 Å². The Kier molecular flexibility index (Phi) is 4.87. The van der Waals surface area contributed by atoms with Crippen LogP contribution in [-0.2, 0) is 0 Å². The van der Waals surface area contributed by atoms with E-state index < -0.39 is 6.61 Å². The monoisotopic (exact) mass is 345 g/mol. The first-order valence-electron chi connectivity index (χ1n) is 7.57. The molecule has 23 heavy (non-hydrogen) atoms. The summed E-state index contributed by atoms with van der Waals surface area (Å²) in [5.74, 6) is -0.113. The molecule has 1 aliphatic heterocycles. The van der Waals surface area contributed by atoms with E-state index in [1.807, 2.05) is 0 Å². The molecular weight excluding hydrogens is 328 g/mol. The van der Waals surface area contributed by atoms with Gasteiger partial charge in [-0.3, -0.25) is 4.90 Å². The van der Waals surface area contributed by atoms with Crippen molar-refractivity contribution in [3.05, 3.63) is 23.2 Å². The Balaban J connectivity index is 1.54. The maximum absolute atomic E-state index is 12.2. The van der Waals surface area contributed by atoms with Crippen LogP contribution in [0.2, 0.25) is 5.02 Å². The molecule has 1 aromatic rings. The first kappa shape index (κ1) is 16.3. The fourth-order valence-electron chi connectivity index (χ4n) is 2.70. The number of nitrogens with zero attached hydrogens (tertiary/aromatic N) is 2. The molecule has 0 bridgehead atoms. The van der Waals surface area contributed by atoms with Crippen LogP contribution in [0, 0.1) is 0 Å². The van der Waals surface area contributed by atoms with Crippen molar-refractivity contribution in [2.75, 3.05) is 31.5 Å². The third-order valence-electron chi connectivity index (χ3n) is 4.06. The van der Waals surface area contributed by atoms with Crippen molar-refractivity contribution in [3.63, 3.8) is 0 Å². The molecule has 1 N–H and O–H groups in total. The van der Waals surface area contributed by atoms with Crippen molar-refractivity contribution < 1.29 is 18.3 Å². The molecule has 5 nitrogen and oxygen atoms in total. The lowest BCUT2D eigenvalue weighted by Crippen LogP contribution is -2.50. The second-order valence-electron chi connectivity index (χ2n) is 5.71. The molecule has 0 aromatic heterocycles. The van der Waals surface area contributed by atoms with Crippen molar-refractivity contribution in [1.82, 2.24) is 9.80 Å². The smallest absolute Gasteiger partial charge is 0.387 e. The van der Waals surface area contributed by atoms with Gasteiger partial charge in [-0.15, -0.1) is 0 Å². The van der Waals surface area contributed by atoms with Crippen molar-refractivity contribution in [1.29, 1.82) is 0 Å². The van der Waals surface area contributed by atoms with E-state index >= 15 is 0 Å². The van der Waals surface area contributed by atoms with Crippen LogP contribution >= 0.6 is 11.6 Å². The number of amides is 2. The van der Waals surface area contributed by atoms with Crippen LogP contribution in [0.25, 0.3) is 0 Å². The van der Waals surface area contributed by atoms with E-state index in [-0.39, 0.29) is 16.8 Å². The molecule has 126 valence electrons. The number of benzene rings is 1. The van der Waals surface area contributed by atoms with Gasteiger partial charge in [0.15, 0.2) is 0 Å². The van der Waals surface area contributed by atoms with E-state index in [0.717, 1.165) is 13.1 Å². The van der Waals surface area contributed by atoms with Gasteiger partial charge in [0.25, 0.3) is 0 Å². The van der Waals surface area contributed by atoms with Crippen molar-refractivity contribution in [2.24, 2.45) is 0 Å². The van der Waals surface area contributed by atoms with Gasteiger partial charge in [0.1, 0.15) is 5.75 Å². The van der Waals surface area contributed by atoms with Gasteiger partial charge in [0.05, 0.1) is 5.02 Å². The summed E-state index contributed by atoms with van der Waals surface area (Å²) in [6.07, 6.45) is 2.52. The van der Waals surface area contributed by atoms with Gasteiger partial charge in [0, 0.05) is 37.9 Å². The molecule has 1 saturated carbocycles. The number of ether oxygens (including phenoxy) is 1. The van der Waals surface area contributed by atoms with Gasteiger partial charge in [-0.05, 0) is 31.0 Å². The molecule has 0 spiro atoms. The van der Waals surface area contributed by atoms with Gasteiger partial charge in [0.2, 0.25) is 0 Å². The highest BCUT2D eigenvalue weighted by atomic mass is 35.5. The second kappa shape index (κ2) is 6.88. The molecule has 2 aliphatic rings. The van der Waals surface area contributed by atoms with E-state index in [0.29, 0.717) is 24.8 Å². The SMILES string of the molecule is O=C(Nc1ccc(OC(F)F)c(Cl)c1)N1CCN(C2CC2)CC1. The van der Waals surface area contributed by atoms with E-state index in [1.54, 1.807) is 4.90 Å². The molecule has 1 aromatic carbocycles. The number of carbonyl (C=O) groups is 1. The number of urea groups is 1. The molecule has 0 atom stereocenters. The van der Waals surface area contributed by atoms with E-state index in [1.165, 1.54) is 31.0 Å². The molecule has 2 fully saturated rings. The van der Waals surface area contributed by atoms with Gasteiger partial charge < -0.3 is 15.0 Å². The summed E-state index contributed by atoms with van der Waals surface area (Å²) in [7, 11) is 0. The summed E-state index contributed by atoms with van der Waals surface area (Å²) in [5, 5.41) is 2.76. The lowest BCUT2D eigenvalue weighted by molar-refractivity contribution is -0.0497. The van der Waals surface area contributed by atoms with Crippen LogP contribution in [0.5, 0.6) is 5.75 Å². The van der Waals surface area contributed by atoms with Gasteiger partial charge in [-0.1, -0.05) is 11.6 Å². The minimum atomic E-state index is -2.93. The molecule has 0 radical (unpaired) electrons. The first-order valence-corrected chi connectivity index (χ1v) is 7.95. The topological polar surface area (TPSA) is 44.8 Å². The van der Waals surface area contributed by atoms with Gasteiger partial charge in [-0.2, -0.15) is 8.78 Å². The maximum atomic E-state index is 12.2. The highest BCUT2D eigenvalue weighted by molar-refractivity contribution is 6.32. The average Bonchev–Trinajstić information content (AvgIpc) is 3.34. The minimum absolute atomic E-state index is 0.0293. The predicted octanol–water partition coefficient (Wildman–Crippen LogP) is 3.25. The Morgan fingerprint density at radius 3 is 2.52 bits per heavy atom. The zero-order valence-electron chi connectivity index (χ0n) is 12.5. The van der Waals surface area contributed by atoms with Crippen molar-refractivity contribution in [3.8, 4) is 5.75 Å². The van der Waals surface area contributed by atoms with E-state index in [4.69, 9.17) is 11.6 Å². The molecule has 1 heterocycles. The number of nitrogens with one attached hydrogen (secondary N) is 1. The summed E-state index contributed by atoms with van der Waals surface area (Å²) in [6.45, 7) is 0.210. The zero-order valence-corrected chi connectivity index (χ0v) is 13.2. The average molecular weight is 346 g/mol. The van der Waals surface area contributed by atoms with Crippen molar-refractivity contribution >= 4 is 23.3 Å². The number of piperazine rings is 1. The summed E-state index contributed by atoms with van der Waals surface area (Å²) in [4.78, 5) is 16.4. The summed E-state index contributed by atoms with van der Waals surface area (Å²) in [6, 6.07) is 4.70. The third-order valence-corrected chi connectivity index (χ3v) is 4.36. The number of rotatable bonds is 4. The van der Waals surface area contributed by atoms with E-state index in [9.17, 15) is 13.6 Å². The van der Waals surface area contributed by atoms with Crippen LogP contribution in [0.4, 0.5) is 19.3 Å². The Morgan fingerprint density at radius 2 is 1.96 bits per heavy atom. The first-order chi connectivity index (χ1) is 11.0. The molecular formula is C15H18ClF2N3O2. The molecule has 1 saturated heterocycles. The summed E-state index contributed by atoms with van der Waals surface area (Å²) >= 11 is 5.87. The number of anilines is 1. The van der Waals surface area contributed by atoms with Crippen LogP contribution in [-0.4, -0.2) is 54.7 Å². The molecule has 0 unspecified atom stereocenters. The van der Waals surface area contributed by atoms with Crippen molar-refractivity contribution in [2.45, 2.75) is 25.5 Å². The maximum Gasteiger partial charge on any atom is 0.387 e. The zero-order chi connectivity index (χ0) is 16.4. The highest BCUT2D eigenvalue weighted by Crippen LogP contribution is 2.29. The fourth-order valence-corrected chi connectivity index (χ4v) is 2.93. The Bertz CT molecular complexity index is 576. The lowest BCUT2D eigenvalue weighted by atomic mass is 10.3. The largest absolute Gasteiger partial charge is 0.433 e. The van der Waals surface area contributed by atoms with Crippen LogP contribution in [0.3, 0.4) is 0 Å². The number of halogens is 3. The van der Waals surface area contributed by atoms with Crippen LogP contribution < -0.4 is 10.1 Å². The number of hydrogen-bond acceptors (Lipinski definition) is 3. The number of alkyl halides is 2. The van der Waals surface area contributed by atoms with Crippen LogP contribution in [0.1, 0.15) is 12.8 Å². The standard InChI is InChI=1S/C15H18ClF2N3O2/c16-12-9-10(1-4-13(12)23-14(17)18)19-15(22)21-7-5-20(6-8-21)11-2-3-11/h1,4,9,11,14H,2-3,5-8H2,(H,19,22). The fraction of sp³-hybridized carbons (Fsp3) is 0.533. The van der Waals surface area contributed by atoms with Gasteiger partial charge >= 0.3 is 12.6 Å². The predicted molar refractivity (Wildman–Crippen MR) is 83.3 cm³/mol. The molecule has 8 heteroatoms. The van der Waals surface area contributed by atoms with Crippen LogP contribution in [0.15, 0.2) is 18.2 Å². The quantitative estimate of drug-likeness (QED) is 0.911. The molecule has 3 rings (SSSR count). The molecule has 2 amide bonds. The second-order valence-corrected chi connectivity index (χ2v) is 6.12.